The smallest absolute Gasteiger partial charge is 0.454 e. The third-order valence-electron chi connectivity index (χ3n) is 4.19. The summed E-state index contributed by atoms with van der Waals surface area (Å²) in [6.07, 6.45) is -0.810. The van der Waals surface area contributed by atoms with Gasteiger partial charge in [0, 0.05) is 19.1 Å². The van der Waals surface area contributed by atoms with Gasteiger partial charge in [-0.3, -0.25) is 0 Å². The normalized spacial score (nSPS) is 13.2. The zero-order chi connectivity index (χ0) is 20.5. The summed E-state index contributed by atoms with van der Waals surface area (Å²) in [6.45, 7) is 4.74. The number of likely N-dealkylation sites (N-methyl/N-ethyl adjacent to an activating group) is 2. The van der Waals surface area contributed by atoms with Crippen LogP contribution in [0, 0.1) is 0 Å². The molecule has 0 fully saturated rings. The number of benzene rings is 1. The van der Waals surface area contributed by atoms with Crippen LogP contribution in [0.15, 0.2) is 18.2 Å². The van der Waals surface area contributed by atoms with E-state index in [0.717, 1.165) is 11.3 Å². The largest absolute Gasteiger partial charge is 0.511 e. The number of carbonyl (C=O) groups excluding carboxylic acids is 2. The van der Waals surface area contributed by atoms with E-state index < -0.39 is 19.0 Å². The summed E-state index contributed by atoms with van der Waals surface area (Å²) in [5.74, 6) is 1.43. The highest BCUT2D eigenvalue weighted by Crippen LogP contribution is 2.33. The van der Waals surface area contributed by atoms with Gasteiger partial charge in [-0.05, 0) is 52.1 Å². The number of carbonyl (C=O) groups is 2. The number of rotatable bonds is 9. The Morgan fingerprint density at radius 2 is 1.89 bits per heavy atom. The second kappa shape index (κ2) is 10.6. The van der Waals surface area contributed by atoms with Gasteiger partial charge in [-0.1, -0.05) is 6.07 Å². The number of amides is 1. The first-order chi connectivity index (χ1) is 13.4. The monoisotopic (exact) mass is 396 g/mol. The lowest BCUT2D eigenvalue weighted by Crippen LogP contribution is -2.40. The minimum atomic E-state index is -0.869. The maximum Gasteiger partial charge on any atom is 0.511 e. The van der Waals surface area contributed by atoms with Crippen LogP contribution in [0.2, 0.25) is 0 Å². The molecule has 1 unspecified atom stereocenters. The molecule has 156 valence electrons. The van der Waals surface area contributed by atoms with Gasteiger partial charge in [0.1, 0.15) is 6.61 Å². The van der Waals surface area contributed by atoms with E-state index in [1.54, 1.807) is 4.90 Å². The maximum atomic E-state index is 12.3. The van der Waals surface area contributed by atoms with Gasteiger partial charge in [-0.15, -0.1) is 0 Å². The van der Waals surface area contributed by atoms with Crippen LogP contribution in [0.4, 0.5) is 9.59 Å². The lowest BCUT2D eigenvalue weighted by molar-refractivity contribution is -0.0271. The van der Waals surface area contributed by atoms with Crippen molar-refractivity contribution in [2.75, 3.05) is 47.4 Å². The Morgan fingerprint density at radius 1 is 1.14 bits per heavy atom. The predicted octanol–water partition coefficient (Wildman–Crippen LogP) is 2.48. The van der Waals surface area contributed by atoms with Crippen molar-refractivity contribution >= 4 is 12.2 Å². The van der Waals surface area contributed by atoms with Gasteiger partial charge in [0.05, 0.1) is 0 Å². The summed E-state index contributed by atoms with van der Waals surface area (Å²) in [4.78, 5) is 27.2. The molecule has 0 saturated carbocycles. The van der Waals surface area contributed by atoms with Crippen molar-refractivity contribution in [1.29, 1.82) is 0 Å². The Kier molecular flexibility index (Phi) is 8.19. The standard InChI is InChI=1S/C19H28N2O7/c1-5-21(18(22)27-13-28-19(23)24-9-8-20(3)4)14(2)10-15-6-7-16-17(11-15)26-12-25-16/h6-7,11,14H,5,8-10,12-13H2,1-4H3. The Labute approximate surface area is 165 Å². The van der Waals surface area contributed by atoms with Crippen molar-refractivity contribution in [3.8, 4) is 11.5 Å². The van der Waals surface area contributed by atoms with Crippen LogP contribution >= 0.6 is 0 Å². The quantitative estimate of drug-likeness (QED) is 0.465. The maximum absolute atomic E-state index is 12.3. The van der Waals surface area contributed by atoms with Crippen LogP contribution in [0.25, 0.3) is 0 Å². The van der Waals surface area contributed by atoms with Crippen LogP contribution in [-0.4, -0.2) is 75.5 Å². The summed E-state index contributed by atoms with van der Waals surface area (Å²) in [7, 11) is 3.72. The zero-order valence-corrected chi connectivity index (χ0v) is 16.8. The van der Waals surface area contributed by atoms with Gasteiger partial charge >= 0.3 is 12.2 Å². The summed E-state index contributed by atoms with van der Waals surface area (Å²) >= 11 is 0. The third-order valence-corrected chi connectivity index (χ3v) is 4.19. The summed E-state index contributed by atoms with van der Waals surface area (Å²) in [5.41, 5.74) is 1.02. The van der Waals surface area contributed by atoms with E-state index >= 15 is 0 Å². The topological polar surface area (TPSA) is 86.8 Å². The molecule has 9 heteroatoms. The fraction of sp³-hybridized carbons (Fsp3) is 0.579. The number of nitrogens with zero attached hydrogens (tertiary/aromatic N) is 2. The number of hydrogen-bond acceptors (Lipinski definition) is 8. The van der Waals surface area contributed by atoms with E-state index in [9.17, 15) is 9.59 Å². The molecular weight excluding hydrogens is 368 g/mol. The molecule has 0 aliphatic carbocycles. The average molecular weight is 396 g/mol. The van der Waals surface area contributed by atoms with Crippen LogP contribution in [0.3, 0.4) is 0 Å². The SMILES string of the molecule is CCN(C(=O)OCOC(=O)OCCN(C)C)C(C)Cc1ccc2c(c1)OCO2. The molecule has 1 aromatic carbocycles. The predicted molar refractivity (Wildman–Crippen MR) is 100 cm³/mol. The molecule has 2 rings (SSSR count). The molecule has 1 aliphatic rings. The van der Waals surface area contributed by atoms with Gasteiger partial charge in [0.2, 0.25) is 13.6 Å². The van der Waals surface area contributed by atoms with Crippen LogP contribution < -0.4 is 9.47 Å². The van der Waals surface area contributed by atoms with Crippen molar-refractivity contribution in [3.63, 3.8) is 0 Å². The van der Waals surface area contributed by atoms with Crippen LogP contribution in [-0.2, 0) is 20.6 Å². The highest BCUT2D eigenvalue weighted by molar-refractivity contribution is 5.68. The highest BCUT2D eigenvalue weighted by atomic mass is 16.8. The number of ether oxygens (including phenoxy) is 5. The van der Waals surface area contributed by atoms with Crippen molar-refractivity contribution in [1.82, 2.24) is 9.80 Å². The summed E-state index contributed by atoms with van der Waals surface area (Å²) in [5, 5.41) is 0. The van der Waals surface area contributed by atoms with Gasteiger partial charge in [-0.2, -0.15) is 0 Å². The van der Waals surface area contributed by atoms with Crippen molar-refractivity contribution in [2.24, 2.45) is 0 Å². The lowest BCUT2D eigenvalue weighted by Gasteiger charge is -2.27. The molecule has 1 amide bonds. The van der Waals surface area contributed by atoms with E-state index in [4.69, 9.17) is 23.7 Å². The zero-order valence-electron chi connectivity index (χ0n) is 16.8. The second-order valence-corrected chi connectivity index (χ2v) is 6.60. The van der Waals surface area contributed by atoms with Crippen molar-refractivity contribution < 1.29 is 33.3 Å². The van der Waals surface area contributed by atoms with E-state index in [1.807, 2.05) is 51.0 Å². The van der Waals surface area contributed by atoms with Gasteiger partial charge in [0.25, 0.3) is 0 Å². The van der Waals surface area contributed by atoms with Gasteiger partial charge in [0.15, 0.2) is 11.5 Å². The Hall–Kier alpha value is -2.68. The van der Waals surface area contributed by atoms with Gasteiger partial charge in [-0.25, -0.2) is 9.59 Å². The molecular formula is C19H28N2O7. The van der Waals surface area contributed by atoms with Crippen LogP contribution in [0.1, 0.15) is 19.4 Å². The Bertz CT molecular complexity index is 666. The van der Waals surface area contributed by atoms with E-state index in [-0.39, 0.29) is 19.4 Å². The molecule has 1 heterocycles. The summed E-state index contributed by atoms with van der Waals surface area (Å²) in [6, 6.07) is 5.58. The van der Waals surface area contributed by atoms with Gasteiger partial charge < -0.3 is 33.5 Å². The van der Waals surface area contributed by atoms with E-state index in [0.29, 0.717) is 25.3 Å². The molecule has 1 aliphatic heterocycles. The van der Waals surface area contributed by atoms with Crippen LogP contribution in [0.5, 0.6) is 11.5 Å². The van der Waals surface area contributed by atoms with E-state index in [2.05, 4.69) is 0 Å². The van der Waals surface area contributed by atoms with Crippen molar-refractivity contribution in [2.45, 2.75) is 26.3 Å². The summed E-state index contributed by atoms with van der Waals surface area (Å²) < 4.78 is 25.3. The average Bonchev–Trinajstić information content (AvgIpc) is 3.09. The molecule has 1 aromatic rings. The Balaban J connectivity index is 1.76. The fourth-order valence-corrected chi connectivity index (χ4v) is 2.70. The molecule has 0 aromatic heterocycles. The molecule has 0 spiro atoms. The second-order valence-electron chi connectivity index (χ2n) is 6.60. The fourth-order valence-electron chi connectivity index (χ4n) is 2.70. The number of hydrogen-bond donors (Lipinski definition) is 0. The highest BCUT2D eigenvalue weighted by Gasteiger charge is 2.22. The molecule has 0 bridgehead atoms. The number of fused-ring (bicyclic) bond motifs is 1. The minimum absolute atomic E-state index is 0.120. The van der Waals surface area contributed by atoms with Crippen molar-refractivity contribution in [3.05, 3.63) is 23.8 Å². The lowest BCUT2D eigenvalue weighted by atomic mass is 10.1. The molecule has 28 heavy (non-hydrogen) atoms. The van der Waals surface area contributed by atoms with E-state index in [1.165, 1.54) is 0 Å². The minimum Gasteiger partial charge on any atom is -0.454 e. The molecule has 0 N–H and O–H groups in total. The third kappa shape index (κ3) is 6.49. The molecule has 9 nitrogen and oxygen atoms in total. The first kappa shape index (κ1) is 21.6. The molecule has 1 atom stereocenters. The molecule has 0 radical (unpaired) electrons. The first-order valence-corrected chi connectivity index (χ1v) is 9.17. The molecule has 0 saturated heterocycles. The first-order valence-electron chi connectivity index (χ1n) is 9.17. The Morgan fingerprint density at radius 3 is 2.61 bits per heavy atom.